The van der Waals surface area contributed by atoms with E-state index in [2.05, 4.69) is 5.32 Å². The molecule has 8 heteroatoms. The minimum atomic E-state index is -3.71. The van der Waals surface area contributed by atoms with E-state index in [1.165, 1.54) is 16.4 Å². The van der Waals surface area contributed by atoms with Gasteiger partial charge in [-0.25, -0.2) is 13.2 Å². The molecule has 0 fully saturated rings. The van der Waals surface area contributed by atoms with E-state index in [1.807, 2.05) is 30.3 Å². The number of ether oxygens (including phenoxy) is 1. The standard InChI is InChI=1S/C22H28N2O5S/c1-4-24(5-2)30(27,28)20-15-19(12-11-17(20)3)22(26)29-16-21(25)23-14-13-18-9-7-6-8-10-18/h6-12,15H,4-5,13-14,16H2,1-3H3,(H,23,25). The number of esters is 1. The smallest absolute Gasteiger partial charge is 0.338 e. The molecule has 0 unspecified atom stereocenters. The number of sulfonamides is 1. The van der Waals surface area contributed by atoms with Crippen molar-refractivity contribution in [3.05, 3.63) is 65.2 Å². The first-order chi connectivity index (χ1) is 14.3. The van der Waals surface area contributed by atoms with E-state index in [9.17, 15) is 18.0 Å². The normalized spacial score (nSPS) is 11.3. The molecule has 30 heavy (non-hydrogen) atoms. The van der Waals surface area contributed by atoms with Crippen molar-refractivity contribution in [1.82, 2.24) is 9.62 Å². The van der Waals surface area contributed by atoms with Crippen LogP contribution in [0.2, 0.25) is 0 Å². The van der Waals surface area contributed by atoms with Crippen LogP contribution in [0.25, 0.3) is 0 Å². The Bertz CT molecular complexity index is 970. The van der Waals surface area contributed by atoms with Crippen molar-refractivity contribution < 1.29 is 22.7 Å². The van der Waals surface area contributed by atoms with Gasteiger partial charge in [-0.15, -0.1) is 0 Å². The average molecular weight is 433 g/mol. The van der Waals surface area contributed by atoms with Gasteiger partial charge in [0, 0.05) is 19.6 Å². The minimum Gasteiger partial charge on any atom is -0.452 e. The Morgan fingerprint density at radius 3 is 2.33 bits per heavy atom. The van der Waals surface area contributed by atoms with Crippen LogP contribution in [0.1, 0.15) is 35.3 Å². The summed E-state index contributed by atoms with van der Waals surface area (Å²) < 4.78 is 32.0. The molecule has 0 aliphatic heterocycles. The molecule has 162 valence electrons. The molecule has 0 spiro atoms. The quantitative estimate of drug-likeness (QED) is 0.583. The van der Waals surface area contributed by atoms with Crippen molar-refractivity contribution in [3.63, 3.8) is 0 Å². The summed E-state index contributed by atoms with van der Waals surface area (Å²) in [7, 11) is -3.71. The summed E-state index contributed by atoms with van der Waals surface area (Å²) in [5.74, 6) is -1.16. The van der Waals surface area contributed by atoms with Crippen LogP contribution in [-0.4, -0.2) is 50.8 Å². The van der Waals surface area contributed by atoms with Crippen molar-refractivity contribution in [2.45, 2.75) is 32.1 Å². The number of nitrogens with zero attached hydrogens (tertiary/aromatic N) is 1. The lowest BCUT2D eigenvalue weighted by molar-refractivity contribution is -0.124. The molecule has 1 N–H and O–H groups in total. The maximum Gasteiger partial charge on any atom is 0.338 e. The molecule has 0 aromatic heterocycles. The molecule has 0 saturated carbocycles. The van der Waals surface area contributed by atoms with Crippen LogP contribution >= 0.6 is 0 Å². The third-order valence-corrected chi connectivity index (χ3v) is 6.85. The van der Waals surface area contributed by atoms with E-state index in [0.717, 1.165) is 5.56 Å². The van der Waals surface area contributed by atoms with Gasteiger partial charge in [-0.2, -0.15) is 4.31 Å². The van der Waals surface area contributed by atoms with Crippen LogP contribution in [0.4, 0.5) is 0 Å². The maximum absolute atomic E-state index is 12.8. The number of carbonyl (C=O) groups is 2. The third kappa shape index (κ3) is 6.14. The van der Waals surface area contributed by atoms with Crippen molar-refractivity contribution in [3.8, 4) is 0 Å². The Hall–Kier alpha value is -2.71. The van der Waals surface area contributed by atoms with Crippen LogP contribution in [0, 0.1) is 6.92 Å². The predicted molar refractivity (Wildman–Crippen MR) is 115 cm³/mol. The maximum atomic E-state index is 12.8. The average Bonchev–Trinajstić information content (AvgIpc) is 2.73. The van der Waals surface area contributed by atoms with E-state index in [0.29, 0.717) is 31.6 Å². The first-order valence-electron chi connectivity index (χ1n) is 9.88. The topological polar surface area (TPSA) is 92.8 Å². The summed E-state index contributed by atoms with van der Waals surface area (Å²) in [5, 5.41) is 2.69. The number of carbonyl (C=O) groups excluding carboxylic acids is 2. The fourth-order valence-electron chi connectivity index (χ4n) is 2.96. The van der Waals surface area contributed by atoms with Gasteiger partial charge in [0.2, 0.25) is 10.0 Å². The highest BCUT2D eigenvalue weighted by Gasteiger charge is 2.25. The largest absolute Gasteiger partial charge is 0.452 e. The number of amides is 1. The van der Waals surface area contributed by atoms with Gasteiger partial charge in [0.25, 0.3) is 5.91 Å². The van der Waals surface area contributed by atoms with Gasteiger partial charge in [-0.3, -0.25) is 4.79 Å². The van der Waals surface area contributed by atoms with Crippen LogP contribution in [0.15, 0.2) is 53.4 Å². The number of hydrogen-bond donors (Lipinski definition) is 1. The fourth-order valence-corrected chi connectivity index (χ4v) is 4.67. The monoisotopic (exact) mass is 432 g/mol. The molecule has 2 rings (SSSR count). The zero-order valence-electron chi connectivity index (χ0n) is 17.6. The van der Waals surface area contributed by atoms with E-state index in [1.54, 1.807) is 26.8 Å². The van der Waals surface area contributed by atoms with Crippen LogP contribution < -0.4 is 5.32 Å². The molecule has 0 radical (unpaired) electrons. The second kappa shape index (κ2) is 10.9. The summed E-state index contributed by atoms with van der Waals surface area (Å²) in [4.78, 5) is 24.3. The number of rotatable bonds is 10. The Balaban J connectivity index is 1.96. The summed E-state index contributed by atoms with van der Waals surface area (Å²) in [5.41, 5.74) is 1.72. The predicted octanol–water partition coefficient (Wildman–Crippen LogP) is 2.54. The summed E-state index contributed by atoms with van der Waals surface area (Å²) in [6.07, 6.45) is 0.672. The number of nitrogens with one attached hydrogen (secondary N) is 1. The molecule has 2 aromatic rings. The zero-order chi connectivity index (χ0) is 22.1. The molecule has 0 aliphatic carbocycles. The van der Waals surface area contributed by atoms with Gasteiger partial charge in [-0.05, 0) is 36.6 Å². The molecule has 0 aliphatic rings. The Kier molecular flexibility index (Phi) is 8.56. The number of aryl methyl sites for hydroxylation is 1. The molecule has 1 amide bonds. The second-order valence-electron chi connectivity index (χ2n) is 6.73. The van der Waals surface area contributed by atoms with E-state index in [-0.39, 0.29) is 10.5 Å². The highest BCUT2D eigenvalue weighted by atomic mass is 32.2. The minimum absolute atomic E-state index is 0.0629. The highest BCUT2D eigenvalue weighted by molar-refractivity contribution is 7.89. The number of benzene rings is 2. The SMILES string of the molecule is CCN(CC)S(=O)(=O)c1cc(C(=O)OCC(=O)NCCc2ccccc2)ccc1C. The van der Waals surface area contributed by atoms with Crippen LogP contribution in [-0.2, 0) is 26.0 Å². The molecule has 0 atom stereocenters. The first-order valence-corrected chi connectivity index (χ1v) is 11.3. The van der Waals surface area contributed by atoms with Crippen molar-refractivity contribution >= 4 is 21.9 Å². The molecule has 2 aromatic carbocycles. The highest BCUT2D eigenvalue weighted by Crippen LogP contribution is 2.21. The van der Waals surface area contributed by atoms with E-state index in [4.69, 9.17) is 4.74 Å². The molecular weight excluding hydrogens is 404 g/mol. The van der Waals surface area contributed by atoms with Gasteiger partial charge in [-0.1, -0.05) is 50.2 Å². The van der Waals surface area contributed by atoms with Crippen molar-refractivity contribution in [2.75, 3.05) is 26.2 Å². The lowest BCUT2D eigenvalue weighted by Gasteiger charge is -2.20. The fraction of sp³-hybridized carbons (Fsp3) is 0.364. The number of hydrogen-bond acceptors (Lipinski definition) is 5. The lowest BCUT2D eigenvalue weighted by atomic mass is 10.1. The van der Waals surface area contributed by atoms with Crippen LogP contribution in [0.5, 0.6) is 0 Å². The van der Waals surface area contributed by atoms with Gasteiger partial charge in [0.05, 0.1) is 10.5 Å². The van der Waals surface area contributed by atoms with E-state index < -0.39 is 28.5 Å². The van der Waals surface area contributed by atoms with E-state index >= 15 is 0 Å². The molecule has 0 saturated heterocycles. The van der Waals surface area contributed by atoms with Crippen molar-refractivity contribution in [1.29, 1.82) is 0 Å². The van der Waals surface area contributed by atoms with Gasteiger partial charge in [0.1, 0.15) is 0 Å². The van der Waals surface area contributed by atoms with Gasteiger partial charge >= 0.3 is 5.97 Å². The van der Waals surface area contributed by atoms with Gasteiger partial charge in [0.15, 0.2) is 6.61 Å². The molecular formula is C22H28N2O5S. The Morgan fingerprint density at radius 1 is 1.03 bits per heavy atom. The Morgan fingerprint density at radius 2 is 1.70 bits per heavy atom. The van der Waals surface area contributed by atoms with Crippen LogP contribution in [0.3, 0.4) is 0 Å². The second-order valence-corrected chi connectivity index (χ2v) is 8.64. The molecule has 0 bridgehead atoms. The van der Waals surface area contributed by atoms with Gasteiger partial charge < -0.3 is 10.1 Å². The lowest BCUT2D eigenvalue weighted by Crippen LogP contribution is -2.31. The third-order valence-electron chi connectivity index (χ3n) is 4.66. The van der Waals surface area contributed by atoms with Crippen molar-refractivity contribution in [2.24, 2.45) is 0 Å². The molecule has 7 nitrogen and oxygen atoms in total. The summed E-state index contributed by atoms with van der Waals surface area (Å²) >= 11 is 0. The summed E-state index contributed by atoms with van der Waals surface area (Å²) in [6.45, 7) is 5.84. The Labute approximate surface area is 178 Å². The molecule has 0 heterocycles. The zero-order valence-corrected chi connectivity index (χ0v) is 18.4. The first kappa shape index (κ1) is 23.6. The summed E-state index contributed by atoms with van der Waals surface area (Å²) in [6, 6.07) is 14.1.